The van der Waals surface area contributed by atoms with Crippen LogP contribution in [0.4, 0.5) is 5.69 Å². The first-order chi connectivity index (χ1) is 8.41. The van der Waals surface area contributed by atoms with Crippen molar-refractivity contribution in [1.29, 1.82) is 0 Å². The van der Waals surface area contributed by atoms with Gasteiger partial charge in [0.05, 0.1) is 5.92 Å². The van der Waals surface area contributed by atoms with Crippen LogP contribution < -0.4 is 5.32 Å². The summed E-state index contributed by atoms with van der Waals surface area (Å²) in [5, 5.41) is 14.1. The van der Waals surface area contributed by atoms with Gasteiger partial charge >= 0.3 is 0 Å². The van der Waals surface area contributed by atoms with Gasteiger partial charge in [-0.3, -0.25) is 14.9 Å². The van der Waals surface area contributed by atoms with Crippen LogP contribution in [0, 0.1) is 10.1 Å². The van der Waals surface area contributed by atoms with Crippen LogP contribution in [0.2, 0.25) is 5.02 Å². The van der Waals surface area contributed by atoms with E-state index in [1.54, 1.807) is 18.2 Å². The highest BCUT2D eigenvalue weighted by Crippen LogP contribution is 2.39. The van der Waals surface area contributed by atoms with Crippen LogP contribution in [-0.4, -0.2) is 16.9 Å². The maximum atomic E-state index is 11.7. The summed E-state index contributed by atoms with van der Waals surface area (Å²) in [5.41, 5.74) is 1.38. The van der Waals surface area contributed by atoms with E-state index in [0.717, 1.165) is 0 Å². The number of nitrogens with zero attached hydrogens (tertiary/aromatic N) is 1. The van der Waals surface area contributed by atoms with E-state index < -0.39 is 16.9 Å². The lowest BCUT2D eigenvalue weighted by Gasteiger charge is -2.28. The maximum absolute atomic E-state index is 11.7. The van der Waals surface area contributed by atoms with Gasteiger partial charge in [-0.2, -0.15) is 0 Å². The van der Waals surface area contributed by atoms with Gasteiger partial charge in [-0.1, -0.05) is 18.2 Å². The van der Waals surface area contributed by atoms with Gasteiger partial charge in [0.1, 0.15) is 0 Å². The fourth-order valence-corrected chi connectivity index (χ4v) is 2.29. The lowest BCUT2D eigenvalue weighted by Crippen LogP contribution is -2.34. The molecule has 2 atom stereocenters. The quantitative estimate of drug-likeness (QED) is 0.508. The van der Waals surface area contributed by atoms with Gasteiger partial charge in [0.25, 0.3) is 5.91 Å². The molecule has 18 heavy (non-hydrogen) atoms. The number of carbonyl (C=O) groups excluding carboxylic acids is 1. The molecule has 1 amide bonds. The first-order valence-corrected chi connectivity index (χ1v) is 5.72. The summed E-state index contributed by atoms with van der Waals surface area (Å²) in [7, 11) is 0. The van der Waals surface area contributed by atoms with Crippen molar-refractivity contribution in [3.63, 3.8) is 0 Å². The lowest BCUT2D eigenvalue weighted by molar-refractivity contribution is -0.520. The normalized spacial score (nSPS) is 20.0. The molecule has 2 rings (SSSR count). The zero-order chi connectivity index (χ0) is 13.4. The average molecular weight is 267 g/mol. The predicted octanol–water partition coefficient (Wildman–Crippen LogP) is 2.60. The lowest BCUT2D eigenvalue weighted by atomic mass is 9.82. The Bertz CT molecular complexity index is 556. The van der Waals surface area contributed by atoms with Gasteiger partial charge < -0.3 is 5.32 Å². The molecular formula is C12H11ClN2O3. The molecule has 0 fully saturated rings. The van der Waals surface area contributed by atoms with E-state index in [0.29, 0.717) is 16.3 Å². The van der Waals surface area contributed by atoms with Gasteiger partial charge in [0.15, 0.2) is 0 Å². The van der Waals surface area contributed by atoms with Gasteiger partial charge in [-0.05, 0) is 23.8 Å². The highest BCUT2D eigenvalue weighted by Gasteiger charge is 2.38. The molecule has 0 saturated heterocycles. The maximum Gasteiger partial charge on any atom is 0.251 e. The number of hydrogen-bond donors (Lipinski definition) is 1. The largest absolute Gasteiger partial charge is 0.322 e. The monoisotopic (exact) mass is 266 g/mol. The summed E-state index contributed by atoms with van der Waals surface area (Å²) in [5.74, 6) is -1.04. The number of benzene rings is 1. The van der Waals surface area contributed by atoms with Crippen LogP contribution in [0.3, 0.4) is 0 Å². The molecule has 2 unspecified atom stereocenters. The molecule has 1 aromatic carbocycles. The van der Waals surface area contributed by atoms with Gasteiger partial charge in [-0.25, -0.2) is 0 Å². The van der Waals surface area contributed by atoms with Crippen molar-refractivity contribution in [3.8, 4) is 0 Å². The molecule has 0 saturated carbocycles. The molecule has 0 radical (unpaired) electrons. The SMILES string of the molecule is C=C1C(=O)Nc2ccc(Cl)cc2C1C(C)[N+](=O)[O-]. The molecule has 5 nitrogen and oxygen atoms in total. The number of carbonyl (C=O) groups is 1. The Morgan fingerprint density at radius 3 is 2.83 bits per heavy atom. The molecular weight excluding hydrogens is 256 g/mol. The van der Waals surface area contributed by atoms with Crippen molar-refractivity contribution in [2.24, 2.45) is 0 Å². The summed E-state index contributed by atoms with van der Waals surface area (Å²) in [6.07, 6.45) is 0. The zero-order valence-electron chi connectivity index (χ0n) is 9.64. The molecule has 0 spiro atoms. The summed E-state index contributed by atoms with van der Waals surface area (Å²) >= 11 is 5.90. The number of rotatable bonds is 2. The molecule has 0 aliphatic carbocycles. The Morgan fingerprint density at radius 2 is 2.22 bits per heavy atom. The Labute approximate surface area is 109 Å². The highest BCUT2D eigenvalue weighted by atomic mass is 35.5. The van der Waals surface area contributed by atoms with E-state index in [1.807, 2.05) is 0 Å². The van der Waals surface area contributed by atoms with Crippen LogP contribution in [0.25, 0.3) is 0 Å². The standard InChI is InChI=1S/C12H11ClN2O3/c1-6-11(7(2)15(17)18)9-5-8(13)3-4-10(9)14-12(6)16/h3-5,7,11H,1H2,2H3,(H,14,16). The van der Waals surface area contributed by atoms with Crippen molar-refractivity contribution in [2.45, 2.75) is 18.9 Å². The smallest absolute Gasteiger partial charge is 0.251 e. The Kier molecular flexibility index (Phi) is 3.09. The minimum atomic E-state index is -0.930. The van der Waals surface area contributed by atoms with E-state index in [1.165, 1.54) is 6.92 Å². The first kappa shape index (κ1) is 12.6. The summed E-state index contributed by atoms with van der Waals surface area (Å²) in [6.45, 7) is 5.11. The van der Waals surface area contributed by atoms with E-state index >= 15 is 0 Å². The van der Waals surface area contributed by atoms with Gasteiger partial charge in [0.2, 0.25) is 6.04 Å². The molecule has 6 heteroatoms. The van der Waals surface area contributed by atoms with E-state index in [9.17, 15) is 14.9 Å². The molecule has 94 valence electrons. The second kappa shape index (κ2) is 4.42. The number of nitro groups is 1. The third-order valence-corrected chi connectivity index (χ3v) is 3.31. The second-order valence-corrected chi connectivity index (χ2v) is 4.65. The molecule has 1 N–H and O–H groups in total. The predicted molar refractivity (Wildman–Crippen MR) is 68.4 cm³/mol. The summed E-state index contributed by atoms with van der Waals surface area (Å²) in [4.78, 5) is 22.2. The Hall–Kier alpha value is -1.88. The molecule has 0 bridgehead atoms. The van der Waals surface area contributed by atoms with Crippen LogP contribution in [0.15, 0.2) is 30.4 Å². The highest BCUT2D eigenvalue weighted by molar-refractivity contribution is 6.30. The van der Waals surface area contributed by atoms with E-state index in [-0.39, 0.29) is 11.5 Å². The van der Waals surface area contributed by atoms with Crippen molar-refractivity contribution in [1.82, 2.24) is 0 Å². The van der Waals surface area contributed by atoms with Crippen molar-refractivity contribution in [3.05, 3.63) is 51.1 Å². The van der Waals surface area contributed by atoms with Crippen LogP contribution >= 0.6 is 11.6 Å². The fraction of sp³-hybridized carbons (Fsp3) is 0.250. The van der Waals surface area contributed by atoms with Crippen molar-refractivity contribution in [2.75, 3.05) is 5.32 Å². The molecule has 1 heterocycles. The van der Waals surface area contributed by atoms with Crippen LogP contribution in [0.5, 0.6) is 0 Å². The van der Waals surface area contributed by atoms with Gasteiger partial charge in [-0.15, -0.1) is 0 Å². The third kappa shape index (κ3) is 1.97. The summed E-state index contributed by atoms with van der Waals surface area (Å²) in [6, 6.07) is 3.97. The van der Waals surface area contributed by atoms with E-state index in [4.69, 9.17) is 11.6 Å². The summed E-state index contributed by atoms with van der Waals surface area (Å²) < 4.78 is 0. The molecule has 1 aliphatic heterocycles. The fourth-order valence-electron chi connectivity index (χ4n) is 2.11. The number of fused-ring (bicyclic) bond motifs is 1. The Balaban J connectivity index is 2.57. The molecule has 1 aliphatic rings. The minimum absolute atomic E-state index is 0.189. The number of nitrogens with one attached hydrogen (secondary N) is 1. The zero-order valence-corrected chi connectivity index (χ0v) is 10.4. The van der Waals surface area contributed by atoms with E-state index in [2.05, 4.69) is 11.9 Å². The number of anilines is 1. The third-order valence-electron chi connectivity index (χ3n) is 3.08. The van der Waals surface area contributed by atoms with Crippen molar-refractivity contribution < 1.29 is 9.72 Å². The average Bonchev–Trinajstić information content (AvgIpc) is 2.31. The Morgan fingerprint density at radius 1 is 1.56 bits per heavy atom. The number of hydrogen-bond acceptors (Lipinski definition) is 3. The van der Waals surface area contributed by atoms with Crippen molar-refractivity contribution >= 4 is 23.2 Å². The van der Waals surface area contributed by atoms with Crippen LogP contribution in [-0.2, 0) is 4.79 Å². The minimum Gasteiger partial charge on any atom is -0.322 e. The number of halogens is 1. The topological polar surface area (TPSA) is 72.2 Å². The van der Waals surface area contributed by atoms with Gasteiger partial charge in [0, 0.05) is 28.1 Å². The molecule has 0 aromatic heterocycles. The molecule has 1 aromatic rings. The van der Waals surface area contributed by atoms with Crippen LogP contribution in [0.1, 0.15) is 18.4 Å². The number of amides is 1. The first-order valence-electron chi connectivity index (χ1n) is 5.35. The second-order valence-electron chi connectivity index (χ2n) is 4.21.